The second-order valence-electron chi connectivity index (χ2n) is 7.12. The van der Waals surface area contributed by atoms with Crippen LogP contribution in [0, 0.1) is 13.8 Å². The Hall–Kier alpha value is -2.95. The highest BCUT2D eigenvalue weighted by Gasteiger charge is 2.29. The van der Waals surface area contributed by atoms with Crippen LogP contribution in [0.4, 0.5) is 0 Å². The zero-order valence-corrected chi connectivity index (χ0v) is 15.5. The molecule has 132 valence electrons. The molecule has 2 aromatic carbocycles. The Morgan fingerprint density at radius 2 is 1.85 bits per heavy atom. The van der Waals surface area contributed by atoms with E-state index in [-0.39, 0.29) is 11.9 Å². The fraction of sp³-hybridized carbons (Fsp3) is 0.286. The Kier molecular flexibility index (Phi) is 3.87. The zero-order chi connectivity index (χ0) is 18.4. The Morgan fingerprint density at radius 3 is 2.58 bits per heavy atom. The third-order valence-electron chi connectivity index (χ3n) is 5.07. The fourth-order valence-electron chi connectivity index (χ4n) is 3.53. The van der Waals surface area contributed by atoms with Gasteiger partial charge in [-0.1, -0.05) is 29.5 Å². The third-order valence-corrected chi connectivity index (χ3v) is 5.07. The van der Waals surface area contributed by atoms with Crippen molar-refractivity contribution in [3.05, 3.63) is 64.8 Å². The number of amides is 1. The maximum absolute atomic E-state index is 12.5. The standard InChI is InChI=1S/C21H22N4O/c1-13(2)24-12-17-11-16(9-10-18(17)21(24)26)20-15(4)25(23-22-20)19-8-6-5-7-14(19)3/h5-11,13H,12H2,1-4H3. The number of para-hydroxylation sites is 1. The molecule has 0 atom stereocenters. The van der Waals surface area contributed by atoms with Crippen LogP contribution in [0.15, 0.2) is 42.5 Å². The smallest absolute Gasteiger partial charge is 0.254 e. The van der Waals surface area contributed by atoms with Crippen LogP contribution < -0.4 is 0 Å². The summed E-state index contributed by atoms with van der Waals surface area (Å²) in [5, 5.41) is 8.78. The van der Waals surface area contributed by atoms with Gasteiger partial charge < -0.3 is 4.90 Å². The predicted octanol–water partition coefficient (Wildman–Crippen LogP) is 3.92. The summed E-state index contributed by atoms with van der Waals surface area (Å²) in [6.07, 6.45) is 0. The molecule has 0 unspecified atom stereocenters. The molecule has 0 bridgehead atoms. The average molecular weight is 346 g/mol. The normalized spacial score (nSPS) is 13.6. The van der Waals surface area contributed by atoms with Gasteiger partial charge in [0.1, 0.15) is 5.69 Å². The molecule has 0 saturated carbocycles. The molecule has 26 heavy (non-hydrogen) atoms. The van der Waals surface area contributed by atoms with Gasteiger partial charge in [0.15, 0.2) is 0 Å². The van der Waals surface area contributed by atoms with Crippen molar-refractivity contribution in [2.24, 2.45) is 0 Å². The first-order chi connectivity index (χ1) is 12.5. The molecule has 1 aromatic heterocycles. The number of fused-ring (bicyclic) bond motifs is 1. The fourth-order valence-corrected chi connectivity index (χ4v) is 3.53. The monoisotopic (exact) mass is 346 g/mol. The van der Waals surface area contributed by atoms with E-state index in [1.807, 2.05) is 60.7 Å². The van der Waals surface area contributed by atoms with Gasteiger partial charge in [-0.2, -0.15) is 0 Å². The number of aryl methyl sites for hydroxylation is 1. The lowest BCUT2D eigenvalue weighted by atomic mass is 10.0. The second kappa shape index (κ2) is 6.09. The van der Waals surface area contributed by atoms with Gasteiger partial charge in [-0.3, -0.25) is 4.79 Å². The van der Waals surface area contributed by atoms with Crippen LogP contribution >= 0.6 is 0 Å². The number of benzene rings is 2. The van der Waals surface area contributed by atoms with E-state index in [1.165, 1.54) is 0 Å². The second-order valence-corrected chi connectivity index (χ2v) is 7.12. The van der Waals surface area contributed by atoms with E-state index >= 15 is 0 Å². The van der Waals surface area contributed by atoms with Gasteiger partial charge in [-0.25, -0.2) is 4.68 Å². The third kappa shape index (κ3) is 2.51. The SMILES string of the molecule is Cc1ccccc1-n1nnc(-c2ccc3c(c2)CN(C(C)C)C3=O)c1C. The van der Waals surface area contributed by atoms with E-state index < -0.39 is 0 Å². The maximum atomic E-state index is 12.5. The molecule has 3 aromatic rings. The number of carbonyl (C=O) groups excluding carboxylic acids is 1. The molecule has 0 radical (unpaired) electrons. The van der Waals surface area contributed by atoms with Crippen LogP contribution in [0.3, 0.4) is 0 Å². The molecule has 5 heteroatoms. The molecule has 0 saturated heterocycles. The molecule has 0 fully saturated rings. The Bertz CT molecular complexity index is 1000. The van der Waals surface area contributed by atoms with Crippen molar-refractivity contribution >= 4 is 5.91 Å². The molecule has 5 nitrogen and oxygen atoms in total. The summed E-state index contributed by atoms with van der Waals surface area (Å²) in [6.45, 7) is 8.84. The summed E-state index contributed by atoms with van der Waals surface area (Å²) in [5.41, 5.74) is 6.89. The first kappa shape index (κ1) is 16.5. The van der Waals surface area contributed by atoms with Gasteiger partial charge in [0, 0.05) is 23.7 Å². The first-order valence-electron chi connectivity index (χ1n) is 8.90. The number of nitrogens with zero attached hydrogens (tertiary/aromatic N) is 4. The molecule has 1 amide bonds. The van der Waals surface area contributed by atoms with Crippen molar-refractivity contribution < 1.29 is 4.79 Å². The number of carbonyl (C=O) groups is 1. The minimum absolute atomic E-state index is 0.113. The van der Waals surface area contributed by atoms with Gasteiger partial charge >= 0.3 is 0 Å². The van der Waals surface area contributed by atoms with Crippen LogP contribution in [0.5, 0.6) is 0 Å². The molecule has 1 aliphatic rings. The molecule has 1 aliphatic heterocycles. The lowest BCUT2D eigenvalue weighted by molar-refractivity contribution is 0.0730. The molecular weight excluding hydrogens is 324 g/mol. The van der Waals surface area contributed by atoms with Gasteiger partial charge in [0.05, 0.1) is 11.4 Å². The minimum Gasteiger partial charge on any atom is -0.332 e. The van der Waals surface area contributed by atoms with Crippen LogP contribution in [0.25, 0.3) is 16.9 Å². The highest BCUT2D eigenvalue weighted by molar-refractivity contribution is 5.99. The molecule has 0 N–H and O–H groups in total. The Morgan fingerprint density at radius 1 is 1.08 bits per heavy atom. The highest BCUT2D eigenvalue weighted by atomic mass is 16.2. The van der Waals surface area contributed by atoms with Crippen LogP contribution in [-0.4, -0.2) is 31.8 Å². The molecular formula is C21H22N4O. The van der Waals surface area contributed by atoms with Gasteiger partial charge in [-0.15, -0.1) is 5.10 Å². The molecule has 0 spiro atoms. The summed E-state index contributed by atoms with van der Waals surface area (Å²) in [7, 11) is 0. The molecule has 4 rings (SSSR count). The number of hydrogen-bond donors (Lipinski definition) is 0. The maximum Gasteiger partial charge on any atom is 0.254 e. The van der Waals surface area contributed by atoms with E-state index in [1.54, 1.807) is 0 Å². The van der Waals surface area contributed by atoms with E-state index in [0.717, 1.165) is 39.3 Å². The summed E-state index contributed by atoms with van der Waals surface area (Å²) >= 11 is 0. The van der Waals surface area contributed by atoms with E-state index in [0.29, 0.717) is 6.54 Å². The average Bonchev–Trinajstić information content (AvgIpc) is 3.16. The number of rotatable bonds is 3. The largest absolute Gasteiger partial charge is 0.332 e. The van der Waals surface area contributed by atoms with Crippen molar-refractivity contribution in [2.75, 3.05) is 0 Å². The molecule has 0 aliphatic carbocycles. The lowest BCUT2D eigenvalue weighted by Crippen LogP contribution is -2.30. The van der Waals surface area contributed by atoms with Crippen LogP contribution in [-0.2, 0) is 6.54 Å². The van der Waals surface area contributed by atoms with Crippen LogP contribution in [0.1, 0.15) is 41.0 Å². The quantitative estimate of drug-likeness (QED) is 0.722. The van der Waals surface area contributed by atoms with E-state index in [9.17, 15) is 4.79 Å². The van der Waals surface area contributed by atoms with Gasteiger partial charge in [-0.05, 0) is 57.0 Å². The Balaban J connectivity index is 1.74. The van der Waals surface area contributed by atoms with Crippen LogP contribution in [0.2, 0.25) is 0 Å². The summed E-state index contributed by atoms with van der Waals surface area (Å²) < 4.78 is 1.88. The number of hydrogen-bond acceptors (Lipinski definition) is 3. The highest BCUT2D eigenvalue weighted by Crippen LogP contribution is 2.30. The Labute approximate surface area is 153 Å². The minimum atomic E-state index is 0.113. The summed E-state index contributed by atoms with van der Waals surface area (Å²) in [6, 6.07) is 14.3. The van der Waals surface area contributed by atoms with Crippen molar-refractivity contribution in [2.45, 2.75) is 40.3 Å². The van der Waals surface area contributed by atoms with Crippen molar-refractivity contribution in [1.82, 2.24) is 19.9 Å². The predicted molar refractivity (Wildman–Crippen MR) is 101 cm³/mol. The van der Waals surface area contributed by atoms with Gasteiger partial charge in [0.25, 0.3) is 5.91 Å². The molecule has 2 heterocycles. The lowest BCUT2D eigenvalue weighted by Gasteiger charge is -2.19. The van der Waals surface area contributed by atoms with E-state index in [2.05, 4.69) is 29.4 Å². The number of aromatic nitrogens is 3. The van der Waals surface area contributed by atoms with Crippen molar-refractivity contribution in [3.63, 3.8) is 0 Å². The van der Waals surface area contributed by atoms with Crippen molar-refractivity contribution in [1.29, 1.82) is 0 Å². The summed E-state index contributed by atoms with van der Waals surface area (Å²) in [5.74, 6) is 0.113. The van der Waals surface area contributed by atoms with Crippen molar-refractivity contribution in [3.8, 4) is 16.9 Å². The van der Waals surface area contributed by atoms with E-state index in [4.69, 9.17) is 0 Å². The first-order valence-corrected chi connectivity index (χ1v) is 8.90. The summed E-state index contributed by atoms with van der Waals surface area (Å²) in [4.78, 5) is 14.4. The topological polar surface area (TPSA) is 51.0 Å². The zero-order valence-electron chi connectivity index (χ0n) is 15.5. The van der Waals surface area contributed by atoms with Gasteiger partial charge in [0.2, 0.25) is 0 Å².